The number of carboxylic acids is 1. The summed E-state index contributed by atoms with van der Waals surface area (Å²) in [5, 5.41) is 8.44. The molecular weight excluding hydrogens is 429 g/mol. The summed E-state index contributed by atoms with van der Waals surface area (Å²) in [6, 6.07) is 1.13. The van der Waals surface area contributed by atoms with E-state index < -0.39 is 48.2 Å². The molecule has 6 nitrogen and oxygen atoms in total. The summed E-state index contributed by atoms with van der Waals surface area (Å²) in [5.41, 5.74) is 0. The van der Waals surface area contributed by atoms with Crippen molar-refractivity contribution in [2.24, 2.45) is 0 Å². The van der Waals surface area contributed by atoms with E-state index >= 15 is 0 Å². The zero-order valence-electron chi connectivity index (χ0n) is 17.3. The highest BCUT2D eigenvalue weighted by Gasteiger charge is 2.42. The van der Waals surface area contributed by atoms with Gasteiger partial charge in [0, 0.05) is 12.2 Å². The fourth-order valence-corrected chi connectivity index (χ4v) is 11.2. The number of esters is 1. The van der Waals surface area contributed by atoms with E-state index in [0.29, 0.717) is 22.6 Å². The molecule has 164 valence electrons. The molecule has 0 fully saturated rings. The van der Waals surface area contributed by atoms with Crippen molar-refractivity contribution in [3.8, 4) is 0 Å². The Morgan fingerprint density at radius 3 is 2.21 bits per heavy atom. The summed E-state index contributed by atoms with van der Waals surface area (Å²) in [4.78, 5) is 22.0. The lowest BCUT2D eigenvalue weighted by Crippen LogP contribution is -2.48. The van der Waals surface area contributed by atoms with E-state index in [1.807, 2.05) is 6.92 Å². The van der Waals surface area contributed by atoms with Crippen LogP contribution in [0.2, 0.25) is 23.7 Å². The minimum absolute atomic E-state index is 0.0491. The van der Waals surface area contributed by atoms with Crippen molar-refractivity contribution in [3.63, 3.8) is 0 Å². The van der Waals surface area contributed by atoms with Crippen molar-refractivity contribution in [1.82, 2.24) is 0 Å². The molecule has 0 amide bonds. The van der Waals surface area contributed by atoms with E-state index in [0.717, 1.165) is 6.04 Å². The minimum Gasteiger partial charge on any atom is -0.478 e. The van der Waals surface area contributed by atoms with Gasteiger partial charge in [-0.3, -0.25) is 0 Å². The van der Waals surface area contributed by atoms with Crippen LogP contribution in [-0.4, -0.2) is 57.4 Å². The van der Waals surface area contributed by atoms with E-state index in [1.54, 1.807) is 0 Å². The fraction of sp³-hybridized carbons (Fsp3) is 0.750. The molecule has 0 aromatic rings. The van der Waals surface area contributed by atoms with Crippen LogP contribution in [0.25, 0.3) is 0 Å². The summed E-state index contributed by atoms with van der Waals surface area (Å²) >= 11 is 0. The van der Waals surface area contributed by atoms with Gasteiger partial charge in [-0.1, -0.05) is 27.7 Å². The van der Waals surface area contributed by atoms with Gasteiger partial charge in [-0.2, -0.15) is 13.2 Å². The van der Waals surface area contributed by atoms with Crippen LogP contribution in [0.5, 0.6) is 0 Å². The molecule has 0 aromatic carbocycles. The highest BCUT2D eigenvalue weighted by atomic mass is 28.4. The molecule has 0 aromatic heterocycles. The van der Waals surface area contributed by atoms with Crippen molar-refractivity contribution in [2.45, 2.75) is 76.5 Å². The number of carbonyl (C=O) groups excluding carboxylic acids is 1. The summed E-state index contributed by atoms with van der Waals surface area (Å²) in [6.07, 6.45) is -6.16. The monoisotopic (exact) mass is 460 g/mol. The highest BCUT2D eigenvalue weighted by molar-refractivity contribution is 6.80. The Morgan fingerprint density at radius 2 is 1.82 bits per heavy atom. The number of alkyl halides is 3. The molecule has 3 atom stereocenters. The van der Waals surface area contributed by atoms with Gasteiger partial charge in [0.15, 0.2) is 8.32 Å². The molecule has 0 aliphatic heterocycles. The molecule has 0 radical (unpaired) electrons. The second-order valence-corrected chi connectivity index (χ2v) is 16.7. The summed E-state index contributed by atoms with van der Waals surface area (Å²) in [5.74, 6) is -2.51. The normalized spacial score (nSPS) is 17.3. The van der Waals surface area contributed by atoms with E-state index in [1.165, 1.54) is 0 Å². The molecule has 0 heterocycles. The van der Waals surface area contributed by atoms with E-state index in [-0.39, 0.29) is 17.5 Å². The van der Waals surface area contributed by atoms with Crippen LogP contribution in [0.3, 0.4) is 0 Å². The molecule has 0 saturated carbocycles. The number of carboxylic acid groups (broad SMARTS) is 1. The molecule has 0 aliphatic rings. The molecule has 3 unspecified atom stereocenters. The standard InChI is InChI=1S/C16H31F3O6Si3/c1-6-28(5,15(2,3)4)25-27(24-26)10-9-12(11-16(17,18)19)23-14(22)8-7-13(20)21/h7-8,12,27H,6,9-11H2,1-5,26H3,(H,20,21)/b8-7+. The Bertz CT molecular complexity index is 551. The quantitative estimate of drug-likeness (QED) is 0.290. The molecular formula is C16H31F3O6Si3. The molecule has 28 heavy (non-hydrogen) atoms. The van der Waals surface area contributed by atoms with Crippen LogP contribution in [0.15, 0.2) is 12.2 Å². The van der Waals surface area contributed by atoms with Gasteiger partial charge < -0.3 is 18.1 Å². The summed E-state index contributed by atoms with van der Waals surface area (Å²) in [7, 11) is -3.93. The smallest absolute Gasteiger partial charge is 0.392 e. The summed E-state index contributed by atoms with van der Waals surface area (Å²) < 4.78 is 55.2. The SMILES string of the molecule is CC[Si](C)(O[SiH](CCC(CC(F)(F)F)OC(=O)/C=C/C(=O)O)O[SiH3])C(C)(C)C. The Morgan fingerprint density at radius 1 is 1.25 bits per heavy atom. The van der Waals surface area contributed by atoms with Gasteiger partial charge in [0.05, 0.1) is 6.42 Å². The van der Waals surface area contributed by atoms with E-state index in [9.17, 15) is 22.8 Å². The lowest BCUT2D eigenvalue weighted by molar-refractivity contribution is -0.169. The predicted octanol–water partition coefficient (Wildman–Crippen LogP) is 2.81. The number of aliphatic carboxylic acids is 1. The lowest BCUT2D eigenvalue weighted by atomic mass is 10.2. The molecule has 12 heteroatoms. The van der Waals surface area contributed by atoms with Crippen molar-refractivity contribution in [3.05, 3.63) is 12.2 Å². The van der Waals surface area contributed by atoms with Crippen LogP contribution in [0.4, 0.5) is 13.2 Å². The number of carbonyl (C=O) groups is 2. The van der Waals surface area contributed by atoms with Crippen molar-refractivity contribution < 1.29 is 40.8 Å². The Kier molecular flexibility index (Phi) is 10.9. The largest absolute Gasteiger partial charge is 0.478 e. The molecule has 0 bridgehead atoms. The zero-order valence-corrected chi connectivity index (χ0v) is 21.4. The van der Waals surface area contributed by atoms with Crippen LogP contribution in [0, 0.1) is 0 Å². The molecule has 0 saturated heterocycles. The van der Waals surface area contributed by atoms with E-state index in [2.05, 4.69) is 27.3 Å². The maximum absolute atomic E-state index is 12.8. The molecule has 1 N–H and O–H groups in total. The Balaban J connectivity index is 5.10. The minimum atomic E-state index is -4.51. The van der Waals surface area contributed by atoms with Gasteiger partial charge in [-0.15, -0.1) is 0 Å². The third kappa shape index (κ3) is 10.5. The van der Waals surface area contributed by atoms with Gasteiger partial charge in [0.1, 0.15) is 16.6 Å². The average Bonchev–Trinajstić information content (AvgIpc) is 2.53. The second-order valence-electron chi connectivity index (χ2n) is 7.74. The third-order valence-electron chi connectivity index (χ3n) is 4.74. The fourth-order valence-electron chi connectivity index (χ4n) is 2.43. The molecule has 0 spiro atoms. The number of rotatable bonds is 11. The van der Waals surface area contributed by atoms with E-state index in [4.69, 9.17) is 18.1 Å². The van der Waals surface area contributed by atoms with Gasteiger partial charge in [-0.05, 0) is 30.1 Å². The number of ether oxygens (including phenoxy) is 1. The van der Waals surface area contributed by atoms with Crippen LogP contribution >= 0.6 is 0 Å². The Labute approximate surface area is 170 Å². The number of hydrogen-bond donors (Lipinski definition) is 1. The van der Waals surface area contributed by atoms with Gasteiger partial charge in [-0.25, -0.2) is 9.59 Å². The van der Waals surface area contributed by atoms with Gasteiger partial charge in [0.25, 0.3) is 9.28 Å². The first-order chi connectivity index (χ1) is 12.6. The Hall–Kier alpha value is -0.959. The van der Waals surface area contributed by atoms with Crippen molar-refractivity contribution in [2.75, 3.05) is 0 Å². The maximum Gasteiger partial charge on any atom is 0.392 e. The third-order valence-corrected chi connectivity index (χ3v) is 15.3. The first kappa shape index (κ1) is 27.0. The molecule has 0 aliphatic carbocycles. The lowest BCUT2D eigenvalue weighted by Gasteiger charge is -2.41. The van der Waals surface area contributed by atoms with Crippen LogP contribution in [0.1, 0.15) is 40.5 Å². The average molecular weight is 461 g/mol. The van der Waals surface area contributed by atoms with Gasteiger partial charge >= 0.3 is 18.1 Å². The maximum atomic E-state index is 12.8. The van der Waals surface area contributed by atoms with Crippen LogP contribution in [-0.2, 0) is 22.6 Å². The van der Waals surface area contributed by atoms with Crippen LogP contribution < -0.4 is 0 Å². The first-order valence-electron chi connectivity index (χ1n) is 9.02. The zero-order chi connectivity index (χ0) is 22.2. The number of halogens is 3. The highest BCUT2D eigenvalue weighted by Crippen LogP contribution is 2.40. The summed E-state index contributed by atoms with van der Waals surface area (Å²) in [6.45, 7) is 10.4. The molecule has 0 rings (SSSR count). The number of hydrogen-bond acceptors (Lipinski definition) is 5. The van der Waals surface area contributed by atoms with Crippen molar-refractivity contribution >= 4 is 40.0 Å². The predicted molar refractivity (Wildman–Crippen MR) is 108 cm³/mol. The topological polar surface area (TPSA) is 82.1 Å². The van der Waals surface area contributed by atoms with Crippen molar-refractivity contribution in [1.29, 1.82) is 0 Å². The first-order valence-corrected chi connectivity index (χ1v) is 14.2. The van der Waals surface area contributed by atoms with Gasteiger partial charge in [0.2, 0.25) is 0 Å². The second kappa shape index (κ2) is 11.3.